The minimum Gasteiger partial charge on any atom is -0.462 e. The van der Waals surface area contributed by atoms with Gasteiger partial charge in [-0.2, -0.15) is 0 Å². The molecule has 1 unspecified atom stereocenters. The fourth-order valence-electron chi connectivity index (χ4n) is 6.18. The zero-order chi connectivity index (χ0) is 40.7. The van der Waals surface area contributed by atoms with Gasteiger partial charge in [-0.1, -0.05) is 171 Å². The summed E-state index contributed by atoms with van der Waals surface area (Å²) in [5, 5.41) is 0. The summed E-state index contributed by atoms with van der Waals surface area (Å²) in [6.45, 7) is 7.60. The molecule has 0 aromatic rings. The summed E-state index contributed by atoms with van der Waals surface area (Å²) in [7, 11) is 0. The number of carbonyl (C=O) groups excluding carboxylic acids is 2. The van der Waals surface area contributed by atoms with Gasteiger partial charge in [-0.3, -0.25) is 9.59 Å². The molecule has 0 heterocycles. The molecule has 0 saturated carbocycles. The van der Waals surface area contributed by atoms with Crippen molar-refractivity contribution < 1.29 is 23.8 Å². The Morgan fingerprint density at radius 1 is 0.411 bits per heavy atom. The Morgan fingerprint density at radius 2 is 0.821 bits per heavy atom. The molecule has 0 aromatic heterocycles. The van der Waals surface area contributed by atoms with Crippen molar-refractivity contribution in [2.75, 3.05) is 19.8 Å². The maximum Gasteiger partial charge on any atom is 0.306 e. The highest BCUT2D eigenvalue weighted by atomic mass is 16.6. The number of rotatable bonds is 42. The average Bonchev–Trinajstić information content (AvgIpc) is 3.20. The summed E-state index contributed by atoms with van der Waals surface area (Å²) >= 11 is 0. The minimum absolute atomic E-state index is 0.0560. The SMILES string of the molecule is CC/C=C\C/C=C\C/C=C\C/C=C\CCCCC(=O)OCC(COCCCCCCCC/C=C\CCCC)OC(=O)CCCCCCC/C=C\CCCCCC. The van der Waals surface area contributed by atoms with Gasteiger partial charge >= 0.3 is 11.9 Å². The van der Waals surface area contributed by atoms with Gasteiger partial charge in [0.1, 0.15) is 6.61 Å². The second-order valence-electron chi connectivity index (χ2n) is 15.3. The van der Waals surface area contributed by atoms with E-state index in [2.05, 4.69) is 93.7 Å². The van der Waals surface area contributed by atoms with Gasteiger partial charge in [0.25, 0.3) is 0 Å². The summed E-state index contributed by atoms with van der Waals surface area (Å²) in [6.07, 6.45) is 59.0. The molecule has 0 aliphatic carbocycles. The number of hydrogen-bond acceptors (Lipinski definition) is 5. The molecule has 56 heavy (non-hydrogen) atoms. The van der Waals surface area contributed by atoms with Crippen molar-refractivity contribution in [3.63, 3.8) is 0 Å². The predicted octanol–water partition coefficient (Wildman–Crippen LogP) is 15.6. The number of ether oxygens (including phenoxy) is 3. The van der Waals surface area contributed by atoms with Crippen LogP contribution in [0.1, 0.15) is 213 Å². The van der Waals surface area contributed by atoms with Gasteiger partial charge in [-0.15, -0.1) is 0 Å². The van der Waals surface area contributed by atoms with E-state index < -0.39 is 6.10 Å². The third-order valence-corrected chi connectivity index (χ3v) is 9.70. The van der Waals surface area contributed by atoms with Gasteiger partial charge in [0.05, 0.1) is 6.61 Å². The molecule has 0 fully saturated rings. The van der Waals surface area contributed by atoms with E-state index in [1.807, 2.05) is 0 Å². The van der Waals surface area contributed by atoms with Gasteiger partial charge < -0.3 is 14.2 Å². The zero-order valence-electron chi connectivity index (χ0n) is 36.9. The van der Waals surface area contributed by atoms with E-state index in [1.165, 1.54) is 96.3 Å². The Hall–Kier alpha value is -2.66. The maximum atomic E-state index is 12.7. The second-order valence-corrected chi connectivity index (χ2v) is 15.3. The Bertz CT molecular complexity index is 1020. The van der Waals surface area contributed by atoms with Crippen LogP contribution in [-0.2, 0) is 23.8 Å². The highest BCUT2D eigenvalue weighted by Gasteiger charge is 2.17. The highest BCUT2D eigenvalue weighted by molar-refractivity contribution is 5.70. The number of hydrogen-bond donors (Lipinski definition) is 0. The highest BCUT2D eigenvalue weighted by Crippen LogP contribution is 2.12. The first-order valence-electron chi connectivity index (χ1n) is 23.5. The Kier molecular flexibility index (Phi) is 44.5. The molecule has 0 spiro atoms. The van der Waals surface area contributed by atoms with Crippen molar-refractivity contribution in [2.24, 2.45) is 0 Å². The van der Waals surface area contributed by atoms with Crippen LogP contribution in [0.25, 0.3) is 0 Å². The van der Waals surface area contributed by atoms with E-state index in [9.17, 15) is 9.59 Å². The quantitative estimate of drug-likeness (QED) is 0.0351. The van der Waals surface area contributed by atoms with E-state index in [-0.39, 0.29) is 25.2 Å². The third kappa shape index (κ3) is 44.1. The standard InChI is InChI=1S/C51H88O5/c1-4-7-10-13-16-19-22-25-26-28-29-32-35-38-41-44-50(52)55-48-49(47-54-46-43-40-37-34-31-24-21-18-15-12-9-6-3)56-51(53)45-42-39-36-33-30-27-23-20-17-14-11-8-5-2/h7,10,15-16,18-20,23,25-26,29,32,49H,4-6,8-9,11-14,17,21-22,24,27-28,30-31,33-48H2,1-3H3/b10-7-,18-15-,19-16-,23-20-,26-25-,32-29-. The predicted molar refractivity (Wildman–Crippen MR) is 242 cm³/mol. The van der Waals surface area contributed by atoms with Gasteiger partial charge in [0, 0.05) is 19.4 Å². The molecular weight excluding hydrogens is 693 g/mol. The zero-order valence-corrected chi connectivity index (χ0v) is 36.9. The smallest absolute Gasteiger partial charge is 0.306 e. The number of carbonyl (C=O) groups is 2. The minimum atomic E-state index is -0.560. The first-order chi connectivity index (χ1) is 27.6. The maximum absolute atomic E-state index is 12.7. The first kappa shape index (κ1) is 53.3. The van der Waals surface area contributed by atoms with Crippen LogP contribution in [0.4, 0.5) is 0 Å². The summed E-state index contributed by atoms with van der Waals surface area (Å²) < 4.78 is 17.3. The van der Waals surface area contributed by atoms with Crippen LogP contribution >= 0.6 is 0 Å². The molecule has 0 N–H and O–H groups in total. The van der Waals surface area contributed by atoms with Gasteiger partial charge in [0.15, 0.2) is 6.10 Å². The van der Waals surface area contributed by atoms with Gasteiger partial charge in [-0.25, -0.2) is 0 Å². The lowest BCUT2D eigenvalue weighted by atomic mass is 10.1. The molecule has 0 aliphatic rings. The van der Waals surface area contributed by atoms with E-state index in [4.69, 9.17) is 14.2 Å². The fourth-order valence-corrected chi connectivity index (χ4v) is 6.18. The topological polar surface area (TPSA) is 61.8 Å². The number of unbranched alkanes of at least 4 members (excludes halogenated alkanes) is 19. The Morgan fingerprint density at radius 3 is 1.39 bits per heavy atom. The van der Waals surface area contributed by atoms with E-state index in [1.54, 1.807) is 0 Å². The van der Waals surface area contributed by atoms with E-state index >= 15 is 0 Å². The van der Waals surface area contributed by atoms with Crippen molar-refractivity contribution in [3.8, 4) is 0 Å². The summed E-state index contributed by atoms with van der Waals surface area (Å²) in [6, 6.07) is 0. The fraction of sp³-hybridized carbons (Fsp3) is 0.725. The van der Waals surface area contributed by atoms with Crippen LogP contribution in [0, 0.1) is 0 Å². The molecule has 0 saturated heterocycles. The van der Waals surface area contributed by atoms with Gasteiger partial charge in [0.2, 0.25) is 0 Å². The van der Waals surface area contributed by atoms with E-state index in [0.717, 1.165) is 83.5 Å². The monoisotopic (exact) mass is 781 g/mol. The summed E-state index contributed by atoms with van der Waals surface area (Å²) in [5.74, 6) is -0.460. The van der Waals surface area contributed by atoms with Crippen molar-refractivity contribution in [2.45, 2.75) is 219 Å². The third-order valence-electron chi connectivity index (χ3n) is 9.70. The lowest BCUT2D eigenvalue weighted by Gasteiger charge is -2.18. The van der Waals surface area contributed by atoms with Crippen molar-refractivity contribution in [1.29, 1.82) is 0 Å². The van der Waals surface area contributed by atoms with Crippen LogP contribution in [0.5, 0.6) is 0 Å². The molecule has 0 aliphatic heterocycles. The Labute approximate surface area is 347 Å². The molecule has 0 aromatic carbocycles. The molecule has 1 atom stereocenters. The second kappa shape index (κ2) is 46.7. The number of esters is 2. The molecule has 5 nitrogen and oxygen atoms in total. The van der Waals surface area contributed by atoms with Crippen LogP contribution in [-0.4, -0.2) is 37.9 Å². The van der Waals surface area contributed by atoms with Crippen LogP contribution < -0.4 is 0 Å². The lowest BCUT2D eigenvalue weighted by Crippen LogP contribution is -2.30. The first-order valence-corrected chi connectivity index (χ1v) is 23.5. The van der Waals surface area contributed by atoms with Crippen molar-refractivity contribution in [3.05, 3.63) is 72.9 Å². The Balaban J connectivity index is 4.36. The van der Waals surface area contributed by atoms with Gasteiger partial charge in [-0.05, 0) is 103 Å². The summed E-state index contributed by atoms with van der Waals surface area (Å²) in [4.78, 5) is 25.3. The van der Waals surface area contributed by atoms with Crippen molar-refractivity contribution >= 4 is 11.9 Å². The molecule has 0 rings (SSSR count). The molecule has 0 radical (unpaired) electrons. The summed E-state index contributed by atoms with van der Waals surface area (Å²) in [5.41, 5.74) is 0. The number of allylic oxidation sites excluding steroid dienone is 12. The molecule has 0 amide bonds. The molecular formula is C51H88O5. The van der Waals surface area contributed by atoms with Crippen molar-refractivity contribution in [1.82, 2.24) is 0 Å². The molecule has 0 bridgehead atoms. The molecule has 322 valence electrons. The van der Waals surface area contributed by atoms with E-state index in [0.29, 0.717) is 19.4 Å². The normalized spacial score (nSPS) is 12.8. The molecule has 5 heteroatoms. The lowest BCUT2D eigenvalue weighted by molar-refractivity contribution is -0.163. The largest absolute Gasteiger partial charge is 0.462 e. The van der Waals surface area contributed by atoms with Crippen LogP contribution in [0.2, 0.25) is 0 Å². The van der Waals surface area contributed by atoms with Crippen LogP contribution in [0.3, 0.4) is 0 Å². The van der Waals surface area contributed by atoms with Crippen LogP contribution in [0.15, 0.2) is 72.9 Å². The average molecular weight is 781 g/mol.